The van der Waals surface area contributed by atoms with Gasteiger partial charge in [0.25, 0.3) is 0 Å². The number of likely N-dealkylation sites (N-methyl/N-ethyl adjacent to an activating group) is 1. The Morgan fingerprint density at radius 1 is 1.28 bits per heavy atom. The van der Waals surface area contributed by atoms with Crippen LogP contribution in [0.5, 0.6) is 0 Å². The highest BCUT2D eigenvalue weighted by Gasteiger charge is 2.31. The molecule has 0 atom stereocenters. The number of hydrogen-bond donors (Lipinski definition) is 2. The minimum Gasteiger partial charge on any atom is -0.444 e. The van der Waals surface area contributed by atoms with Gasteiger partial charge >= 0.3 is 6.09 Å². The van der Waals surface area contributed by atoms with Gasteiger partial charge in [0.1, 0.15) is 5.60 Å². The van der Waals surface area contributed by atoms with Gasteiger partial charge in [-0.15, -0.1) is 0 Å². The van der Waals surface area contributed by atoms with Crippen LogP contribution in [0.4, 0.5) is 4.79 Å². The molecule has 0 radical (unpaired) electrons. The topological polar surface area (TPSA) is 53.6 Å². The molecule has 1 aliphatic rings. The maximum atomic E-state index is 11.5. The zero-order valence-electron chi connectivity index (χ0n) is 12.2. The number of amides is 1. The molecule has 5 heteroatoms. The largest absolute Gasteiger partial charge is 0.444 e. The average Bonchev–Trinajstić information content (AvgIpc) is 2.09. The molecule has 0 aromatic rings. The lowest BCUT2D eigenvalue weighted by Gasteiger charge is -2.37. The van der Waals surface area contributed by atoms with Gasteiger partial charge in [0.2, 0.25) is 0 Å². The number of ether oxygens (including phenoxy) is 1. The van der Waals surface area contributed by atoms with E-state index in [1.165, 1.54) is 0 Å². The number of alkyl carbamates (subject to hydrolysis) is 1. The molecule has 0 saturated heterocycles. The van der Waals surface area contributed by atoms with Crippen molar-refractivity contribution in [2.24, 2.45) is 0 Å². The number of rotatable bonds is 5. The van der Waals surface area contributed by atoms with Crippen molar-refractivity contribution in [1.29, 1.82) is 0 Å². The number of nitrogens with zero attached hydrogens (tertiary/aromatic N) is 1. The molecule has 0 aromatic carbocycles. The Kier molecular flexibility index (Phi) is 5.41. The van der Waals surface area contributed by atoms with Crippen LogP contribution in [0.15, 0.2) is 0 Å². The summed E-state index contributed by atoms with van der Waals surface area (Å²) in [6, 6.07) is 0.793. The van der Waals surface area contributed by atoms with Gasteiger partial charge in [0, 0.05) is 25.2 Å². The molecule has 0 aromatic heterocycles. The molecule has 0 bridgehead atoms. The van der Waals surface area contributed by atoms with E-state index in [1.807, 2.05) is 20.8 Å². The maximum Gasteiger partial charge on any atom is 0.407 e. The predicted molar refractivity (Wildman–Crippen MR) is 72.7 cm³/mol. The summed E-state index contributed by atoms with van der Waals surface area (Å²) in [6.45, 7) is 7.66. The van der Waals surface area contributed by atoms with Gasteiger partial charge in [-0.3, -0.25) is 0 Å². The molecular weight excluding hydrogens is 230 g/mol. The van der Waals surface area contributed by atoms with Crippen LogP contribution in [0.25, 0.3) is 0 Å². The highest BCUT2D eigenvalue weighted by Crippen LogP contribution is 2.20. The number of carbonyl (C=O) groups is 1. The minimum absolute atomic E-state index is 0.261. The highest BCUT2D eigenvalue weighted by molar-refractivity contribution is 5.68. The van der Waals surface area contributed by atoms with Crippen LogP contribution in [0.1, 0.15) is 33.6 Å². The first-order valence-electron chi connectivity index (χ1n) is 6.64. The van der Waals surface area contributed by atoms with Crippen molar-refractivity contribution in [3.8, 4) is 0 Å². The summed E-state index contributed by atoms with van der Waals surface area (Å²) < 4.78 is 5.21. The second-order valence-electron chi connectivity index (χ2n) is 6.27. The molecule has 1 saturated carbocycles. The van der Waals surface area contributed by atoms with Crippen LogP contribution in [0.2, 0.25) is 0 Å². The van der Waals surface area contributed by atoms with Gasteiger partial charge in [0.05, 0.1) is 0 Å². The van der Waals surface area contributed by atoms with Gasteiger partial charge in [0.15, 0.2) is 0 Å². The van der Waals surface area contributed by atoms with Gasteiger partial charge in [-0.05, 0) is 47.7 Å². The maximum absolute atomic E-state index is 11.5. The van der Waals surface area contributed by atoms with Crippen LogP contribution < -0.4 is 10.6 Å². The van der Waals surface area contributed by atoms with Gasteiger partial charge < -0.3 is 20.3 Å². The molecule has 1 rings (SSSR count). The summed E-state index contributed by atoms with van der Waals surface area (Å²) in [6.07, 6.45) is 1.68. The van der Waals surface area contributed by atoms with Crippen LogP contribution >= 0.6 is 0 Å². The molecule has 5 nitrogen and oxygen atoms in total. The monoisotopic (exact) mass is 257 g/mol. The van der Waals surface area contributed by atoms with Crippen LogP contribution in [-0.2, 0) is 4.74 Å². The highest BCUT2D eigenvalue weighted by atomic mass is 16.6. The fourth-order valence-corrected chi connectivity index (χ4v) is 1.87. The van der Waals surface area contributed by atoms with Crippen LogP contribution in [0, 0.1) is 0 Å². The van der Waals surface area contributed by atoms with Gasteiger partial charge in [-0.2, -0.15) is 0 Å². The second-order valence-corrected chi connectivity index (χ2v) is 6.27. The standard InChI is InChI=1S/C13H27N3O2/c1-13(2,3)18-12(17)15-11-8-10(9-11)14-6-7-16(4)5/h10-11,14H,6-9H2,1-5H3,(H,15,17). The Bertz CT molecular complexity index is 268. The molecular formula is C13H27N3O2. The summed E-state index contributed by atoms with van der Waals surface area (Å²) in [5, 5.41) is 6.36. The molecule has 18 heavy (non-hydrogen) atoms. The van der Waals surface area contributed by atoms with E-state index >= 15 is 0 Å². The quantitative estimate of drug-likeness (QED) is 0.777. The first-order valence-corrected chi connectivity index (χ1v) is 6.64. The molecule has 0 heterocycles. The number of nitrogens with one attached hydrogen (secondary N) is 2. The molecule has 1 aliphatic carbocycles. The molecule has 106 valence electrons. The van der Waals surface area contributed by atoms with E-state index in [1.54, 1.807) is 0 Å². The molecule has 1 fully saturated rings. The zero-order chi connectivity index (χ0) is 13.8. The summed E-state index contributed by atoms with van der Waals surface area (Å²) in [5.41, 5.74) is -0.419. The summed E-state index contributed by atoms with van der Waals surface area (Å²) in [7, 11) is 4.13. The van der Waals surface area contributed by atoms with Crippen molar-refractivity contribution >= 4 is 6.09 Å². The molecule has 0 unspecified atom stereocenters. The fourth-order valence-electron chi connectivity index (χ4n) is 1.87. The first kappa shape index (κ1) is 15.2. The van der Waals surface area contributed by atoms with Crippen molar-refractivity contribution in [1.82, 2.24) is 15.5 Å². The average molecular weight is 257 g/mol. The Labute approximate surface area is 110 Å². The lowest BCUT2D eigenvalue weighted by atomic mass is 9.87. The van der Waals surface area contributed by atoms with E-state index in [4.69, 9.17) is 4.74 Å². The van der Waals surface area contributed by atoms with Crippen molar-refractivity contribution in [2.45, 2.75) is 51.3 Å². The van der Waals surface area contributed by atoms with E-state index in [9.17, 15) is 4.79 Å². The molecule has 2 N–H and O–H groups in total. The number of hydrogen-bond acceptors (Lipinski definition) is 4. The Balaban J connectivity index is 2.06. The lowest BCUT2D eigenvalue weighted by molar-refractivity contribution is 0.0465. The third-order valence-corrected chi connectivity index (χ3v) is 2.85. The van der Waals surface area contributed by atoms with E-state index in [0.717, 1.165) is 25.9 Å². The summed E-state index contributed by atoms with van der Waals surface area (Å²) in [4.78, 5) is 13.7. The molecule has 1 amide bonds. The zero-order valence-corrected chi connectivity index (χ0v) is 12.2. The van der Waals surface area contributed by atoms with E-state index in [2.05, 4.69) is 29.6 Å². The minimum atomic E-state index is -0.419. The lowest BCUT2D eigenvalue weighted by Crippen LogP contribution is -2.53. The smallest absolute Gasteiger partial charge is 0.407 e. The van der Waals surface area contributed by atoms with Crippen LogP contribution in [0.3, 0.4) is 0 Å². The Morgan fingerprint density at radius 2 is 1.89 bits per heavy atom. The second kappa shape index (κ2) is 6.38. The summed E-state index contributed by atoms with van der Waals surface area (Å²) >= 11 is 0. The third-order valence-electron chi connectivity index (χ3n) is 2.85. The van der Waals surface area contributed by atoms with E-state index < -0.39 is 5.60 Å². The van der Waals surface area contributed by atoms with Gasteiger partial charge in [-0.25, -0.2) is 4.79 Å². The Morgan fingerprint density at radius 3 is 2.39 bits per heavy atom. The molecule has 0 aliphatic heterocycles. The van der Waals surface area contributed by atoms with E-state index in [-0.39, 0.29) is 12.1 Å². The van der Waals surface area contributed by atoms with Crippen molar-refractivity contribution in [3.05, 3.63) is 0 Å². The normalized spacial score (nSPS) is 23.7. The predicted octanol–water partition coefficient (Wildman–Crippen LogP) is 1.19. The Hall–Kier alpha value is -0.810. The number of carbonyl (C=O) groups excluding carboxylic acids is 1. The summed E-state index contributed by atoms with van der Waals surface area (Å²) in [5.74, 6) is 0. The third kappa shape index (κ3) is 6.21. The van der Waals surface area contributed by atoms with Crippen molar-refractivity contribution in [3.63, 3.8) is 0 Å². The van der Waals surface area contributed by atoms with Crippen molar-refractivity contribution in [2.75, 3.05) is 27.2 Å². The first-order chi connectivity index (χ1) is 8.26. The fraction of sp³-hybridized carbons (Fsp3) is 0.923. The van der Waals surface area contributed by atoms with E-state index in [0.29, 0.717) is 6.04 Å². The molecule has 0 spiro atoms. The van der Waals surface area contributed by atoms with Gasteiger partial charge in [-0.1, -0.05) is 0 Å². The van der Waals surface area contributed by atoms with Crippen molar-refractivity contribution < 1.29 is 9.53 Å². The SMILES string of the molecule is CN(C)CCNC1CC(NC(=O)OC(C)(C)C)C1. The van der Waals surface area contributed by atoms with Crippen LogP contribution in [-0.4, -0.2) is 55.9 Å².